The Morgan fingerprint density at radius 2 is 0.684 bits per heavy atom. The van der Waals surface area contributed by atoms with Crippen LogP contribution in [-0.2, 0) is 37.9 Å². The average Bonchev–Trinajstić information content (AvgIpc) is 3.74. The topological polar surface area (TPSA) is 132 Å². The van der Waals surface area contributed by atoms with E-state index in [-0.39, 0.29) is 18.4 Å². The van der Waals surface area contributed by atoms with Crippen molar-refractivity contribution in [2.24, 2.45) is 0 Å². The van der Waals surface area contributed by atoms with Crippen LogP contribution in [0.1, 0.15) is 40.5 Å². The predicted molar refractivity (Wildman–Crippen MR) is 216 cm³/mol. The van der Waals surface area contributed by atoms with E-state index in [0.29, 0.717) is 105 Å². The van der Waals surface area contributed by atoms with Crippen molar-refractivity contribution < 1.29 is 47.5 Å². The van der Waals surface area contributed by atoms with E-state index in [0.717, 1.165) is 0 Å². The third-order valence-electron chi connectivity index (χ3n) is 9.80. The highest BCUT2D eigenvalue weighted by Crippen LogP contribution is 2.45. The van der Waals surface area contributed by atoms with Gasteiger partial charge in [-0.25, -0.2) is 9.59 Å². The molecule has 0 bridgehead atoms. The van der Waals surface area contributed by atoms with Gasteiger partial charge in [0.15, 0.2) is 0 Å². The molecular weight excluding hydrogens is 728 g/mol. The summed E-state index contributed by atoms with van der Waals surface area (Å²) in [6, 6.07) is 33.1. The van der Waals surface area contributed by atoms with Crippen LogP contribution < -0.4 is 10.6 Å². The number of ether oxygens (including phenoxy) is 8. The Hall–Kier alpha value is -4.82. The lowest BCUT2D eigenvalue weighted by Crippen LogP contribution is -2.29. The third-order valence-corrected chi connectivity index (χ3v) is 9.80. The minimum absolute atomic E-state index is 0.0328. The second-order valence-corrected chi connectivity index (χ2v) is 13.5. The molecule has 0 fully saturated rings. The SMILES string of the molecule is O=C(NCCCOCCOCCOCCOCCOCCOCCNC(=O)OCC1c2ccccc2-c2ccccc21)OCC1c2ccccc2-c2ccccc21. The Balaban J connectivity index is 0.650. The van der Waals surface area contributed by atoms with Gasteiger partial charge in [0.05, 0.1) is 72.7 Å². The third kappa shape index (κ3) is 12.6. The molecule has 0 aromatic heterocycles. The van der Waals surface area contributed by atoms with Crippen molar-refractivity contribution in [3.63, 3.8) is 0 Å². The highest BCUT2D eigenvalue weighted by atomic mass is 16.6. The van der Waals surface area contributed by atoms with Crippen LogP contribution in [0.5, 0.6) is 0 Å². The second-order valence-electron chi connectivity index (χ2n) is 13.5. The van der Waals surface area contributed by atoms with Crippen LogP contribution in [0.2, 0.25) is 0 Å². The van der Waals surface area contributed by atoms with Crippen molar-refractivity contribution in [3.8, 4) is 22.3 Å². The van der Waals surface area contributed by atoms with E-state index in [9.17, 15) is 9.59 Å². The molecule has 2 amide bonds. The molecular formula is C45H54N2O10. The van der Waals surface area contributed by atoms with Crippen LogP contribution in [0.15, 0.2) is 97.1 Å². The molecule has 57 heavy (non-hydrogen) atoms. The van der Waals surface area contributed by atoms with Crippen LogP contribution >= 0.6 is 0 Å². The minimum atomic E-state index is -0.455. The van der Waals surface area contributed by atoms with Gasteiger partial charge in [-0.05, 0) is 50.9 Å². The van der Waals surface area contributed by atoms with Gasteiger partial charge in [-0.2, -0.15) is 0 Å². The van der Waals surface area contributed by atoms with Gasteiger partial charge in [0.2, 0.25) is 0 Å². The molecule has 4 aromatic rings. The lowest BCUT2D eigenvalue weighted by molar-refractivity contribution is -0.0166. The zero-order chi connectivity index (χ0) is 39.3. The Morgan fingerprint density at radius 1 is 0.386 bits per heavy atom. The van der Waals surface area contributed by atoms with E-state index in [1.54, 1.807) is 0 Å². The van der Waals surface area contributed by atoms with Gasteiger partial charge in [-0.15, -0.1) is 0 Å². The number of carbonyl (C=O) groups is 2. The first kappa shape index (κ1) is 41.8. The number of alkyl carbamates (subject to hydrolysis) is 2. The lowest BCUT2D eigenvalue weighted by atomic mass is 9.98. The second kappa shape index (κ2) is 23.4. The summed E-state index contributed by atoms with van der Waals surface area (Å²) in [5.74, 6) is 0.0777. The number of rotatable bonds is 26. The zero-order valence-electron chi connectivity index (χ0n) is 32.5. The molecule has 6 rings (SSSR count). The summed E-state index contributed by atoms with van der Waals surface area (Å²) in [6.07, 6.45) is -0.197. The molecule has 304 valence electrons. The van der Waals surface area contributed by atoms with Crippen molar-refractivity contribution in [2.75, 3.05) is 106 Å². The maximum atomic E-state index is 12.3. The molecule has 12 heteroatoms. The van der Waals surface area contributed by atoms with E-state index in [4.69, 9.17) is 37.9 Å². The van der Waals surface area contributed by atoms with Crippen LogP contribution in [0, 0.1) is 0 Å². The molecule has 0 saturated heterocycles. The molecule has 0 heterocycles. The van der Waals surface area contributed by atoms with E-state index in [1.807, 2.05) is 48.5 Å². The number of fused-ring (bicyclic) bond motifs is 6. The monoisotopic (exact) mass is 782 g/mol. The van der Waals surface area contributed by atoms with Gasteiger partial charge in [-0.3, -0.25) is 0 Å². The highest BCUT2D eigenvalue weighted by Gasteiger charge is 2.30. The van der Waals surface area contributed by atoms with Gasteiger partial charge in [0, 0.05) is 31.5 Å². The summed E-state index contributed by atoms with van der Waals surface area (Å²) < 4.78 is 44.4. The number of hydrogen-bond acceptors (Lipinski definition) is 10. The maximum absolute atomic E-state index is 12.3. The van der Waals surface area contributed by atoms with E-state index in [2.05, 4.69) is 59.2 Å². The molecule has 2 aliphatic carbocycles. The van der Waals surface area contributed by atoms with Crippen molar-refractivity contribution in [1.82, 2.24) is 10.6 Å². The molecule has 0 aliphatic heterocycles. The molecule has 0 radical (unpaired) electrons. The Morgan fingerprint density at radius 3 is 1.05 bits per heavy atom. The molecule has 2 aliphatic rings. The Bertz CT molecular complexity index is 1620. The van der Waals surface area contributed by atoms with Gasteiger partial charge in [0.1, 0.15) is 13.2 Å². The van der Waals surface area contributed by atoms with Crippen molar-refractivity contribution in [1.29, 1.82) is 0 Å². The standard InChI is InChI=1S/C45H54N2O10/c48-44(56-32-42-38-14-5-1-10-34(38)35-11-2-6-15-39(35)42)46-18-9-20-50-22-24-52-26-28-54-30-31-55-29-27-53-25-23-51-21-19-47-45(49)57-33-43-40-16-7-3-12-36(40)37-13-4-8-17-41(37)43/h1-8,10-17,42-43H,9,18-33H2,(H,46,48)(H,47,49). The summed E-state index contributed by atoms with van der Waals surface area (Å²) in [5.41, 5.74) is 9.56. The minimum Gasteiger partial charge on any atom is -0.449 e. The van der Waals surface area contributed by atoms with Crippen LogP contribution in [0.4, 0.5) is 9.59 Å². The molecule has 0 atom stereocenters. The summed E-state index contributed by atoms with van der Waals surface area (Å²) in [6.45, 7) is 6.87. The number of benzene rings is 4. The number of hydrogen-bond donors (Lipinski definition) is 2. The van der Waals surface area contributed by atoms with Crippen molar-refractivity contribution in [2.45, 2.75) is 18.3 Å². The van der Waals surface area contributed by atoms with Crippen molar-refractivity contribution in [3.05, 3.63) is 119 Å². The Kier molecular flexibility index (Phi) is 17.2. The molecule has 0 unspecified atom stereocenters. The number of amides is 2. The van der Waals surface area contributed by atoms with Gasteiger partial charge in [0.25, 0.3) is 0 Å². The number of nitrogens with one attached hydrogen (secondary N) is 2. The molecule has 4 aromatic carbocycles. The highest BCUT2D eigenvalue weighted by molar-refractivity contribution is 5.80. The summed E-state index contributed by atoms with van der Waals surface area (Å²) in [7, 11) is 0. The molecule has 12 nitrogen and oxygen atoms in total. The summed E-state index contributed by atoms with van der Waals surface area (Å²) in [4.78, 5) is 24.6. The molecule has 0 saturated carbocycles. The zero-order valence-corrected chi connectivity index (χ0v) is 32.5. The van der Waals surface area contributed by atoms with Crippen LogP contribution in [-0.4, -0.2) is 118 Å². The van der Waals surface area contributed by atoms with Crippen LogP contribution in [0.25, 0.3) is 22.3 Å². The van der Waals surface area contributed by atoms with Crippen LogP contribution in [0.3, 0.4) is 0 Å². The van der Waals surface area contributed by atoms with Crippen molar-refractivity contribution >= 4 is 12.2 Å². The largest absolute Gasteiger partial charge is 0.449 e. The normalized spacial score (nSPS) is 12.8. The summed E-state index contributed by atoms with van der Waals surface area (Å²) in [5, 5.41) is 5.55. The first-order valence-corrected chi connectivity index (χ1v) is 19.8. The van der Waals surface area contributed by atoms with E-state index in [1.165, 1.54) is 44.5 Å². The molecule has 0 spiro atoms. The van der Waals surface area contributed by atoms with E-state index >= 15 is 0 Å². The Labute approximate surface area is 335 Å². The fourth-order valence-electron chi connectivity index (χ4n) is 7.09. The summed E-state index contributed by atoms with van der Waals surface area (Å²) >= 11 is 0. The fraction of sp³-hybridized carbons (Fsp3) is 0.422. The fourth-order valence-corrected chi connectivity index (χ4v) is 7.09. The van der Waals surface area contributed by atoms with Gasteiger partial charge in [-0.1, -0.05) is 97.1 Å². The predicted octanol–water partition coefficient (Wildman–Crippen LogP) is 6.55. The first-order chi connectivity index (χ1) is 28.2. The quantitative estimate of drug-likeness (QED) is 0.0676. The lowest BCUT2D eigenvalue weighted by Gasteiger charge is -2.14. The average molecular weight is 783 g/mol. The maximum Gasteiger partial charge on any atom is 0.407 e. The van der Waals surface area contributed by atoms with E-state index < -0.39 is 12.2 Å². The molecule has 2 N–H and O–H groups in total. The van der Waals surface area contributed by atoms with Gasteiger partial charge < -0.3 is 48.5 Å². The smallest absolute Gasteiger partial charge is 0.407 e. The van der Waals surface area contributed by atoms with Gasteiger partial charge >= 0.3 is 12.2 Å². The number of carbonyl (C=O) groups excluding carboxylic acids is 2. The first-order valence-electron chi connectivity index (χ1n) is 19.8.